The lowest BCUT2D eigenvalue weighted by atomic mass is 10.1. The van der Waals surface area contributed by atoms with Crippen LogP contribution in [0.5, 0.6) is 0 Å². The summed E-state index contributed by atoms with van der Waals surface area (Å²) in [5.74, 6) is 0. The van der Waals surface area contributed by atoms with Gasteiger partial charge in [-0.05, 0) is 5.56 Å². The molecule has 0 bridgehead atoms. The Morgan fingerprint density at radius 2 is 1.64 bits per heavy atom. The normalized spacial score (nSPS) is 15.9. The van der Waals surface area contributed by atoms with Crippen LogP contribution in [0, 0.1) is 0 Å². The van der Waals surface area contributed by atoms with E-state index in [0.717, 1.165) is 0 Å². The van der Waals surface area contributed by atoms with E-state index in [2.05, 4.69) is 63.0 Å². The third-order valence-corrected chi connectivity index (χ3v) is 4.08. The molecular weight excluding hydrogens is 268 g/mol. The van der Waals surface area contributed by atoms with Gasteiger partial charge in [-0.25, -0.2) is 0 Å². The predicted molar refractivity (Wildman–Crippen MR) is 56.5 cm³/mol. The first-order chi connectivity index (χ1) is 5.22. The van der Waals surface area contributed by atoms with E-state index in [1.54, 1.807) is 0 Å². The van der Waals surface area contributed by atoms with Crippen LogP contribution >= 0.6 is 31.9 Å². The fourth-order valence-corrected chi connectivity index (χ4v) is 1.51. The Morgan fingerprint density at radius 3 is 2.09 bits per heavy atom. The molecule has 0 aliphatic heterocycles. The lowest BCUT2D eigenvalue weighted by Gasteiger charge is -2.11. The lowest BCUT2D eigenvalue weighted by Crippen LogP contribution is -2.00. The van der Waals surface area contributed by atoms with Gasteiger partial charge < -0.3 is 0 Å². The third kappa shape index (κ3) is 2.60. The Morgan fingerprint density at radius 1 is 1.09 bits per heavy atom. The second-order valence-electron chi connectivity index (χ2n) is 2.49. The number of benzene rings is 1. The van der Waals surface area contributed by atoms with Gasteiger partial charge >= 0.3 is 0 Å². The molecule has 0 aromatic heterocycles. The van der Waals surface area contributed by atoms with Crippen LogP contribution < -0.4 is 0 Å². The molecule has 0 saturated carbocycles. The molecule has 0 fully saturated rings. The van der Waals surface area contributed by atoms with Crippen LogP contribution in [0.4, 0.5) is 0 Å². The summed E-state index contributed by atoms with van der Waals surface area (Å²) in [7, 11) is 0. The van der Waals surface area contributed by atoms with Gasteiger partial charge in [0.05, 0.1) is 4.83 Å². The average molecular weight is 278 g/mol. The minimum absolute atomic E-state index is 0.406. The van der Waals surface area contributed by atoms with Gasteiger partial charge in [0.2, 0.25) is 0 Å². The van der Waals surface area contributed by atoms with Crippen LogP contribution in [0.3, 0.4) is 0 Å². The number of hydrogen-bond acceptors (Lipinski definition) is 0. The average Bonchev–Trinajstić information content (AvgIpc) is 2.05. The summed E-state index contributed by atoms with van der Waals surface area (Å²) >= 11 is 7.13. The zero-order valence-electron chi connectivity index (χ0n) is 6.30. The van der Waals surface area contributed by atoms with Crippen molar-refractivity contribution >= 4 is 31.9 Å². The van der Waals surface area contributed by atoms with Gasteiger partial charge in [-0.1, -0.05) is 69.1 Å². The Labute approximate surface area is 84.3 Å². The minimum atomic E-state index is 0.406. The Hall–Kier alpha value is 0.180. The van der Waals surface area contributed by atoms with Crippen LogP contribution in [0.1, 0.15) is 17.3 Å². The van der Waals surface area contributed by atoms with E-state index in [0.29, 0.717) is 9.65 Å². The summed E-state index contributed by atoms with van der Waals surface area (Å²) in [4.78, 5) is 0.869. The van der Waals surface area contributed by atoms with Gasteiger partial charge in [0.1, 0.15) is 0 Å². The van der Waals surface area contributed by atoms with Gasteiger partial charge in [0.15, 0.2) is 0 Å². The maximum absolute atomic E-state index is 3.60. The summed E-state index contributed by atoms with van der Waals surface area (Å²) in [6.45, 7) is 2.13. The first kappa shape index (κ1) is 9.27. The standard InChI is InChI=1S/C9H10Br2/c1-7(10)9(11)8-5-3-2-4-6-8/h2-7,9H,1H3. The van der Waals surface area contributed by atoms with Crippen LogP contribution in [-0.4, -0.2) is 4.83 Å². The Balaban J connectivity index is 2.77. The molecule has 0 nitrogen and oxygen atoms in total. The highest BCUT2D eigenvalue weighted by atomic mass is 79.9. The quantitative estimate of drug-likeness (QED) is 0.719. The van der Waals surface area contributed by atoms with Gasteiger partial charge in [-0.2, -0.15) is 0 Å². The van der Waals surface area contributed by atoms with Crippen LogP contribution in [0.25, 0.3) is 0 Å². The zero-order chi connectivity index (χ0) is 8.27. The molecule has 11 heavy (non-hydrogen) atoms. The molecule has 2 unspecified atom stereocenters. The van der Waals surface area contributed by atoms with Crippen molar-refractivity contribution in [2.45, 2.75) is 16.6 Å². The second-order valence-corrected chi connectivity index (χ2v) is 4.92. The van der Waals surface area contributed by atoms with Crippen molar-refractivity contribution in [3.8, 4) is 0 Å². The zero-order valence-corrected chi connectivity index (χ0v) is 9.47. The number of halogens is 2. The van der Waals surface area contributed by atoms with Crippen molar-refractivity contribution in [3.63, 3.8) is 0 Å². The molecule has 1 rings (SSSR count). The van der Waals surface area contributed by atoms with Gasteiger partial charge in [-0.15, -0.1) is 0 Å². The van der Waals surface area contributed by atoms with E-state index in [4.69, 9.17) is 0 Å². The van der Waals surface area contributed by atoms with E-state index >= 15 is 0 Å². The Bertz CT molecular complexity index is 206. The van der Waals surface area contributed by atoms with E-state index in [-0.39, 0.29) is 0 Å². The molecule has 2 atom stereocenters. The molecule has 0 N–H and O–H groups in total. The maximum Gasteiger partial charge on any atom is 0.0517 e. The summed E-state index contributed by atoms with van der Waals surface area (Å²) in [6, 6.07) is 10.4. The SMILES string of the molecule is CC(Br)C(Br)c1ccccc1. The summed E-state index contributed by atoms with van der Waals surface area (Å²) in [5, 5.41) is 0. The number of hydrogen-bond donors (Lipinski definition) is 0. The van der Waals surface area contributed by atoms with Crippen molar-refractivity contribution in [1.29, 1.82) is 0 Å². The molecule has 0 radical (unpaired) electrons. The number of alkyl halides is 2. The first-order valence-electron chi connectivity index (χ1n) is 3.55. The Kier molecular flexibility index (Phi) is 3.60. The molecule has 1 aromatic rings. The van der Waals surface area contributed by atoms with E-state index < -0.39 is 0 Å². The van der Waals surface area contributed by atoms with Gasteiger partial charge in [-0.3, -0.25) is 0 Å². The molecule has 2 heteroatoms. The van der Waals surface area contributed by atoms with Gasteiger partial charge in [0, 0.05) is 4.83 Å². The minimum Gasteiger partial charge on any atom is -0.0878 e. The molecule has 0 heterocycles. The number of rotatable bonds is 2. The second kappa shape index (κ2) is 4.27. The van der Waals surface area contributed by atoms with Crippen molar-refractivity contribution in [1.82, 2.24) is 0 Å². The van der Waals surface area contributed by atoms with Crippen molar-refractivity contribution < 1.29 is 0 Å². The van der Waals surface area contributed by atoms with E-state index in [1.807, 2.05) is 6.07 Å². The monoisotopic (exact) mass is 276 g/mol. The largest absolute Gasteiger partial charge is 0.0878 e. The third-order valence-electron chi connectivity index (χ3n) is 1.52. The molecule has 1 aromatic carbocycles. The summed E-state index contributed by atoms with van der Waals surface area (Å²) in [5.41, 5.74) is 1.32. The molecular formula is C9H10Br2. The van der Waals surface area contributed by atoms with Crippen LogP contribution in [-0.2, 0) is 0 Å². The molecule has 60 valence electrons. The van der Waals surface area contributed by atoms with Crippen molar-refractivity contribution in [2.24, 2.45) is 0 Å². The summed E-state index contributed by atoms with van der Waals surface area (Å²) < 4.78 is 0. The van der Waals surface area contributed by atoms with Crippen LogP contribution in [0.2, 0.25) is 0 Å². The lowest BCUT2D eigenvalue weighted by molar-refractivity contribution is 0.949. The smallest absolute Gasteiger partial charge is 0.0517 e. The first-order valence-corrected chi connectivity index (χ1v) is 5.38. The molecule has 0 aliphatic rings. The predicted octanol–water partition coefficient (Wildman–Crippen LogP) is 3.91. The van der Waals surface area contributed by atoms with Gasteiger partial charge in [0.25, 0.3) is 0 Å². The van der Waals surface area contributed by atoms with E-state index in [9.17, 15) is 0 Å². The molecule has 0 amide bonds. The fraction of sp³-hybridized carbons (Fsp3) is 0.333. The van der Waals surface area contributed by atoms with E-state index in [1.165, 1.54) is 5.56 Å². The maximum atomic E-state index is 3.60. The molecule has 0 aliphatic carbocycles. The molecule has 0 spiro atoms. The highest BCUT2D eigenvalue weighted by Crippen LogP contribution is 2.30. The molecule has 0 saturated heterocycles. The highest BCUT2D eigenvalue weighted by molar-refractivity contribution is 9.12. The summed E-state index contributed by atoms with van der Waals surface area (Å²) in [6.07, 6.45) is 0. The van der Waals surface area contributed by atoms with Crippen molar-refractivity contribution in [2.75, 3.05) is 0 Å². The van der Waals surface area contributed by atoms with Crippen molar-refractivity contribution in [3.05, 3.63) is 35.9 Å². The topological polar surface area (TPSA) is 0 Å². The fourth-order valence-electron chi connectivity index (χ4n) is 0.902. The van der Waals surface area contributed by atoms with Crippen LogP contribution in [0.15, 0.2) is 30.3 Å². The highest BCUT2D eigenvalue weighted by Gasteiger charge is 2.11.